The minimum Gasteiger partial charge on any atom is -0.313 e. The third-order valence-electron chi connectivity index (χ3n) is 11.3. The number of nitrogens with zero attached hydrogens (tertiary/aromatic N) is 2. The molecular weight excluding hydrogens is 685 g/mol. The molecule has 10 aromatic rings. The molecule has 0 atom stereocenters. The number of thiophene rings is 1. The normalized spacial score (nSPS) is 12.5. The summed E-state index contributed by atoms with van der Waals surface area (Å²) in [6.07, 6.45) is 6.74. The van der Waals surface area contributed by atoms with Crippen LogP contribution in [0.25, 0.3) is 75.9 Å². The van der Waals surface area contributed by atoms with Crippen LogP contribution in [0.15, 0.2) is 188 Å². The molecule has 0 bridgehead atoms. The number of benzene rings is 8. The molecule has 0 saturated heterocycles. The number of rotatable bonds is 6. The lowest BCUT2D eigenvalue weighted by Gasteiger charge is -2.28. The summed E-state index contributed by atoms with van der Waals surface area (Å²) >= 11 is 1.88. The van der Waals surface area contributed by atoms with E-state index < -0.39 is 0 Å². The van der Waals surface area contributed by atoms with E-state index in [2.05, 4.69) is 204 Å². The molecule has 2 heterocycles. The summed E-state index contributed by atoms with van der Waals surface area (Å²) in [7, 11) is 0. The monoisotopic (exact) mass is 720 g/mol. The van der Waals surface area contributed by atoms with Crippen molar-refractivity contribution >= 4 is 76.3 Å². The Morgan fingerprint density at radius 3 is 2.02 bits per heavy atom. The molecule has 3 heteroatoms. The van der Waals surface area contributed by atoms with Crippen molar-refractivity contribution in [1.82, 2.24) is 4.57 Å². The highest BCUT2D eigenvalue weighted by Gasteiger charge is 2.23. The van der Waals surface area contributed by atoms with E-state index in [9.17, 15) is 0 Å². The maximum atomic E-state index is 2.47. The summed E-state index contributed by atoms with van der Waals surface area (Å²) in [5, 5.41) is 6.37. The highest BCUT2D eigenvalue weighted by Crippen LogP contribution is 2.46. The Kier molecular flexibility index (Phi) is 7.53. The van der Waals surface area contributed by atoms with Crippen LogP contribution in [0, 0.1) is 0 Å². The first kappa shape index (κ1) is 31.8. The van der Waals surface area contributed by atoms with E-state index in [1.807, 2.05) is 11.3 Å². The first-order valence-electron chi connectivity index (χ1n) is 19.1. The minimum atomic E-state index is 1.02. The second kappa shape index (κ2) is 13.0. The molecule has 8 aromatic carbocycles. The van der Waals surface area contributed by atoms with Crippen molar-refractivity contribution in [3.05, 3.63) is 199 Å². The van der Waals surface area contributed by atoms with E-state index in [1.54, 1.807) is 0 Å². The second-order valence-electron chi connectivity index (χ2n) is 14.4. The molecular formula is C52H36N2S. The van der Waals surface area contributed by atoms with Gasteiger partial charge in [-0.15, -0.1) is 11.3 Å². The Hall–Kier alpha value is -6.68. The van der Waals surface area contributed by atoms with Gasteiger partial charge in [0.15, 0.2) is 0 Å². The molecule has 0 radical (unpaired) electrons. The molecule has 0 aliphatic heterocycles. The molecule has 0 saturated carbocycles. The van der Waals surface area contributed by atoms with Crippen LogP contribution in [0.1, 0.15) is 17.7 Å². The highest BCUT2D eigenvalue weighted by atomic mass is 32.1. The van der Waals surface area contributed by atoms with Gasteiger partial charge in [-0.2, -0.15) is 0 Å². The van der Waals surface area contributed by atoms with Gasteiger partial charge in [-0.1, -0.05) is 140 Å². The lowest BCUT2D eigenvalue weighted by atomic mass is 9.96. The molecule has 0 spiro atoms. The van der Waals surface area contributed by atoms with Crippen molar-refractivity contribution in [2.75, 3.05) is 4.90 Å². The fourth-order valence-corrected chi connectivity index (χ4v) is 10.00. The molecule has 55 heavy (non-hydrogen) atoms. The van der Waals surface area contributed by atoms with Crippen molar-refractivity contribution in [2.24, 2.45) is 0 Å². The predicted molar refractivity (Wildman–Crippen MR) is 237 cm³/mol. The largest absolute Gasteiger partial charge is 0.313 e. The Balaban J connectivity index is 1.12. The summed E-state index contributed by atoms with van der Waals surface area (Å²) in [5.74, 6) is 0. The number of allylic oxidation sites excluding steroid dienone is 1. The Labute approximate surface area is 324 Å². The van der Waals surface area contributed by atoms with Gasteiger partial charge in [-0.3, -0.25) is 0 Å². The number of fused-ring (bicyclic) bond motifs is 7. The van der Waals surface area contributed by atoms with Crippen LogP contribution in [0.2, 0.25) is 0 Å². The van der Waals surface area contributed by atoms with Crippen molar-refractivity contribution in [3.8, 4) is 27.9 Å². The lowest BCUT2D eigenvalue weighted by Crippen LogP contribution is -2.10. The zero-order chi connectivity index (χ0) is 36.3. The lowest BCUT2D eigenvalue weighted by molar-refractivity contribution is 0.888. The van der Waals surface area contributed by atoms with Gasteiger partial charge in [0.05, 0.1) is 11.2 Å². The van der Waals surface area contributed by atoms with Crippen molar-refractivity contribution in [2.45, 2.75) is 12.8 Å². The van der Waals surface area contributed by atoms with Crippen LogP contribution < -0.4 is 4.90 Å². The molecule has 2 aromatic heterocycles. The fraction of sp³-hybridized carbons (Fsp3) is 0.0385. The van der Waals surface area contributed by atoms with E-state index in [0.29, 0.717) is 0 Å². The summed E-state index contributed by atoms with van der Waals surface area (Å²) in [5.41, 5.74) is 13.5. The Morgan fingerprint density at radius 1 is 0.491 bits per heavy atom. The van der Waals surface area contributed by atoms with Crippen LogP contribution in [0.4, 0.5) is 17.1 Å². The SMILES string of the molecule is C1=Cc2c(n(-c3ccccc3)c3ccc(N(c4ccc(-c5cccc6c5sc5ccccc56)cc4)c4ccc(-c5ccccc5)c5ccccc45)cc23)CC1. The van der Waals surface area contributed by atoms with Gasteiger partial charge in [-0.25, -0.2) is 0 Å². The van der Waals surface area contributed by atoms with Gasteiger partial charge in [-0.05, 0) is 95.1 Å². The van der Waals surface area contributed by atoms with E-state index >= 15 is 0 Å². The first-order valence-corrected chi connectivity index (χ1v) is 19.9. The highest BCUT2D eigenvalue weighted by molar-refractivity contribution is 7.26. The number of hydrogen-bond donors (Lipinski definition) is 0. The Bertz CT molecular complexity index is 3080. The van der Waals surface area contributed by atoms with Gasteiger partial charge in [0.25, 0.3) is 0 Å². The van der Waals surface area contributed by atoms with Crippen LogP contribution in [0.3, 0.4) is 0 Å². The van der Waals surface area contributed by atoms with Gasteiger partial charge >= 0.3 is 0 Å². The van der Waals surface area contributed by atoms with Crippen LogP contribution >= 0.6 is 11.3 Å². The molecule has 11 rings (SSSR count). The average molecular weight is 721 g/mol. The van der Waals surface area contributed by atoms with E-state index in [4.69, 9.17) is 0 Å². The van der Waals surface area contributed by atoms with Crippen molar-refractivity contribution in [1.29, 1.82) is 0 Å². The summed E-state index contributed by atoms with van der Waals surface area (Å²) < 4.78 is 5.13. The van der Waals surface area contributed by atoms with E-state index in [-0.39, 0.29) is 0 Å². The summed E-state index contributed by atoms with van der Waals surface area (Å²) in [4.78, 5) is 2.46. The molecule has 2 nitrogen and oxygen atoms in total. The fourth-order valence-electron chi connectivity index (χ4n) is 8.76. The number of anilines is 3. The zero-order valence-corrected chi connectivity index (χ0v) is 31.0. The van der Waals surface area contributed by atoms with Crippen LogP contribution in [-0.2, 0) is 6.42 Å². The predicted octanol–water partition coefficient (Wildman–Crippen LogP) is 14.9. The minimum absolute atomic E-state index is 1.02. The number of aromatic nitrogens is 1. The van der Waals surface area contributed by atoms with Crippen LogP contribution in [-0.4, -0.2) is 4.57 Å². The van der Waals surface area contributed by atoms with Gasteiger partial charge in [0, 0.05) is 59.3 Å². The topological polar surface area (TPSA) is 8.17 Å². The van der Waals surface area contributed by atoms with Crippen molar-refractivity contribution in [3.63, 3.8) is 0 Å². The second-order valence-corrected chi connectivity index (χ2v) is 15.4. The van der Waals surface area contributed by atoms with Gasteiger partial charge in [0.2, 0.25) is 0 Å². The summed E-state index contributed by atoms with van der Waals surface area (Å²) in [6, 6.07) is 66.7. The third-order valence-corrected chi connectivity index (χ3v) is 12.5. The zero-order valence-electron chi connectivity index (χ0n) is 30.2. The molecule has 1 aliphatic rings. The molecule has 0 N–H and O–H groups in total. The maximum Gasteiger partial charge on any atom is 0.0540 e. The number of hydrogen-bond acceptors (Lipinski definition) is 2. The summed E-state index contributed by atoms with van der Waals surface area (Å²) in [6.45, 7) is 0. The number of para-hydroxylation sites is 1. The third kappa shape index (κ3) is 5.23. The molecule has 0 amide bonds. The molecule has 260 valence electrons. The quantitative estimate of drug-likeness (QED) is 0.166. The van der Waals surface area contributed by atoms with Gasteiger partial charge in [0.1, 0.15) is 0 Å². The average Bonchev–Trinajstić information content (AvgIpc) is 3.81. The molecule has 0 fully saturated rings. The first-order chi connectivity index (χ1) is 27.3. The molecule has 0 unspecified atom stereocenters. The maximum absolute atomic E-state index is 2.47. The van der Waals surface area contributed by atoms with Gasteiger partial charge < -0.3 is 9.47 Å². The van der Waals surface area contributed by atoms with E-state index in [0.717, 1.165) is 29.9 Å². The van der Waals surface area contributed by atoms with Crippen molar-refractivity contribution < 1.29 is 0 Å². The molecule has 1 aliphatic carbocycles. The smallest absolute Gasteiger partial charge is 0.0540 e. The standard InChI is InChI=1S/C52H36N2S/c1-3-14-35(15-4-1)40-31-33-49(43-19-8-7-18-42(40)43)53(38-28-26-36(27-29-38)41-22-13-23-46-45-21-10-12-25-51(45)55-52(41)46)39-30-32-50-47(34-39)44-20-9-11-24-48(44)54(50)37-16-5-2-6-17-37/h1-10,12-23,25-34H,11,24H2. The van der Waals surface area contributed by atoms with Crippen LogP contribution in [0.5, 0.6) is 0 Å². The Morgan fingerprint density at radius 2 is 1.18 bits per heavy atom. The van der Waals surface area contributed by atoms with E-state index in [1.165, 1.54) is 81.0 Å².